The smallest absolute Gasteiger partial charge is 0.327 e. The molecule has 0 aromatic heterocycles. The van der Waals surface area contributed by atoms with Gasteiger partial charge in [0.15, 0.2) is 0 Å². The molecule has 0 aliphatic heterocycles. The first-order valence-electron chi connectivity index (χ1n) is 7.36. The summed E-state index contributed by atoms with van der Waals surface area (Å²) in [5.74, 6) is -5.38. The largest absolute Gasteiger partial charge is 0.481 e. The summed E-state index contributed by atoms with van der Waals surface area (Å²) in [6.45, 7) is 1.27. The highest BCUT2D eigenvalue weighted by atomic mass is 32.1. The molecule has 13 heteroatoms. The van der Waals surface area contributed by atoms with Gasteiger partial charge in [0.2, 0.25) is 17.7 Å². The first-order valence-corrected chi connectivity index (χ1v) is 8.62. The van der Waals surface area contributed by atoms with Crippen molar-refractivity contribution in [3.63, 3.8) is 0 Å². The van der Waals surface area contributed by atoms with Gasteiger partial charge in [0.05, 0.1) is 12.5 Å². The van der Waals surface area contributed by atoms with E-state index >= 15 is 0 Å². The zero-order valence-corrected chi connectivity index (χ0v) is 15.6. The average Bonchev–Trinajstić information content (AvgIpc) is 2.56. The third-order valence-electron chi connectivity index (χ3n) is 3.09. The molecule has 4 atom stereocenters. The predicted octanol–water partition coefficient (Wildman–Crippen LogP) is -2.79. The molecule has 0 rings (SSSR count). The minimum atomic E-state index is -1.47. The van der Waals surface area contributed by atoms with Gasteiger partial charge >= 0.3 is 11.9 Å². The summed E-state index contributed by atoms with van der Waals surface area (Å²) in [7, 11) is 0. The lowest BCUT2D eigenvalue weighted by molar-refractivity contribution is -0.142. The van der Waals surface area contributed by atoms with Crippen molar-refractivity contribution in [1.82, 2.24) is 16.0 Å². The number of nitrogens with two attached hydrogens (primary N) is 1. The van der Waals surface area contributed by atoms with E-state index in [9.17, 15) is 24.0 Å². The van der Waals surface area contributed by atoms with Crippen LogP contribution in [0.25, 0.3) is 0 Å². The van der Waals surface area contributed by atoms with Crippen LogP contribution in [0.2, 0.25) is 0 Å². The van der Waals surface area contributed by atoms with Crippen molar-refractivity contribution in [1.29, 1.82) is 0 Å². The van der Waals surface area contributed by atoms with E-state index < -0.39 is 60.2 Å². The van der Waals surface area contributed by atoms with Crippen molar-refractivity contribution in [3.05, 3.63) is 0 Å². The standard InChI is InChI=1S/C13H22N4O7S2/c1-5(10(20)17-8(4-26)13(23)24)15-12(22)7(2-9(18)19)16-11(21)6(14)3-25/h5-8,25-26H,2-4,14H2,1H3,(H,15,22)(H,16,21)(H,17,20)(H,18,19)(H,23,24). The summed E-state index contributed by atoms with van der Waals surface area (Å²) < 4.78 is 0. The summed E-state index contributed by atoms with van der Waals surface area (Å²) in [4.78, 5) is 57.6. The first kappa shape index (κ1) is 24.0. The van der Waals surface area contributed by atoms with Crippen LogP contribution in [-0.2, 0) is 24.0 Å². The van der Waals surface area contributed by atoms with Gasteiger partial charge in [0.1, 0.15) is 18.1 Å². The Balaban J connectivity index is 4.95. The van der Waals surface area contributed by atoms with E-state index in [0.717, 1.165) is 0 Å². The van der Waals surface area contributed by atoms with Gasteiger partial charge < -0.3 is 31.9 Å². The third-order valence-corrected chi connectivity index (χ3v) is 3.85. The van der Waals surface area contributed by atoms with Crippen molar-refractivity contribution in [2.45, 2.75) is 37.5 Å². The minimum Gasteiger partial charge on any atom is -0.481 e. The van der Waals surface area contributed by atoms with Gasteiger partial charge in [-0.15, -0.1) is 0 Å². The van der Waals surface area contributed by atoms with Crippen molar-refractivity contribution in [2.24, 2.45) is 5.73 Å². The lowest BCUT2D eigenvalue weighted by Gasteiger charge is -2.22. The van der Waals surface area contributed by atoms with Crippen LogP contribution in [0.5, 0.6) is 0 Å². The maximum atomic E-state index is 12.2. The summed E-state index contributed by atoms with van der Waals surface area (Å²) in [5, 5.41) is 24.3. The Hall–Kier alpha value is -1.99. The molecule has 0 spiro atoms. The van der Waals surface area contributed by atoms with Crippen molar-refractivity contribution < 1.29 is 34.2 Å². The Morgan fingerprint density at radius 1 is 0.885 bits per heavy atom. The molecule has 4 unspecified atom stereocenters. The quantitative estimate of drug-likeness (QED) is 0.168. The Labute approximate surface area is 160 Å². The van der Waals surface area contributed by atoms with E-state index in [2.05, 4.69) is 41.2 Å². The number of carboxylic acids is 2. The SMILES string of the molecule is CC(NC(=O)C(CC(=O)O)NC(=O)C(N)CS)C(=O)NC(CS)C(=O)O. The number of thiol groups is 2. The van der Waals surface area contributed by atoms with E-state index in [0.29, 0.717) is 0 Å². The van der Waals surface area contributed by atoms with Crippen LogP contribution in [0.3, 0.4) is 0 Å². The summed E-state index contributed by atoms with van der Waals surface area (Å²) >= 11 is 7.62. The van der Waals surface area contributed by atoms with E-state index in [1.165, 1.54) is 6.92 Å². The molecule has 0 fully saturated rings. The maximum absolute atomic E-state index is 12.2. The molecule has 0 saturated heterocycles. The second kappa shape index (κ2) is 11.6. The lowest BCUT2D eigenvalue weighted by Crippen LogP contribution is -2.57. The number of hydrogen-bond donors (Lipinski definition) is 8. The summed E-state index contributed by atoms with van der Waals surface area (Å²) in [6, 6.07) is -4.96. The summed E-state index contributed by atoms with van der Waals surface area (Å²) in [5.41, 5.74) is 5.45. The van der Waals surface area contributed by atoms with Crippen molar-refractivity contribution >= 4 is 54.9 Å². The molecular weight excluding hydrogens is 388 g/mol. The van der Waals surface area contributed by atoms with E-state index in [4.69, 9.17) is 15.9 Å². The molecule has 26 heavy (non-hydrogen) atoms. The number of aliphatic carboxylic acids is 2. The van der Waals surface area contributed by atoms with E-state index in [1.54, 1.807) is 0 Å². The average molecular weight is 410 g/mol. The number of rotatable bonds is 11. The lowest BCUT2D eigenvalue weighted by atomic mass is 10.1. The minimum absolute atomic E-state index is 0.0215. The van der Waals surface area contributed by atoms with Crippen LogP contribution in [-0.4, -0.2) is 75.5 Å². The van der Waals surface area contributed by atoms with Gasteiger partial charge in [-0.05, 0) is 6.92 Å². The molecule has 7 N–H and O–H groups in total. The predicted molar refractivity (Wildman–Crippen MR) is 97.0 cm³/mol. The van der Waals surface area contributed by atoms with Gasteiger partial charge in [0, 0.05) is 11.5 Å². The van der Waals surface area contributed by atoms with E-state index in [1.807, 2.05) is 0 Å². The van der Waals surface area contributed by atoms with Crippen LogP contribution in [0, 0.1) is 0 Å². The number of amides is 3. The molecule has 0 saturated carbocycles. The number of carboxylic acid groups (broad SMARTS) is 2. The Bertz CT molecular complexity index is 561. The van der Waals surface area contributed by atoms with Gasteiger partial charge in [-0.1, -0.05) is 0 Å². The molecule has 0 aliphatic carbocycles. The molecule has 11 nitrogen and oxygen atoms in total. The van der Waals surface area contributed by atoms with Crippen LogP contribution in [0.15, 0.2) is 0 Å². The van der Waals surface area contributed by atoms with Gasteiger partial charge in [-0.2, -0.15) is 25.3 Å². The monoisotopic (exact) mass is 410 g/mol. The normalized spacial score (nSPS) is 15.1. The molecule has 0 aliphatic rings. The Morgan fingerprint density at radius 3 is 1.85 bits per heavy atom. The number of hydrogen-bond acceptors (Lipinski definition) is 8. The van der Waals surface area contributed by atoms with Crippen LogP contribution >= 0.6 is 25.3 Å². The first-order chi connectivity index (χ1) is 12.0. The topological polar surface area (TPSA) is 188 Å². The fraction of sp³-hybridized carbons (Fsp3) is 0.615. The van der Waals surface area contributed by atoms with Gasteiger partial charge in [0.25, 0.3) is 0 Å². The van der Waals surface area contributed by atoms with Gasteiger partial charge in [-0.3, -0.25) is 19.2 Å². The molecule has 0 bridgehead atoms. The molecule has 0 aromatic rings. The summed E-state index contributed by atoms with van der Waals surface area (Å²) in [6.07, 6.45) is -0.737. The second-order valence-electron chi connectivity index (χ2n) is 5.26. The number of carbonyl (C=O) groups is 5. The van der Waals surface area contributed by atoms with Crippen LogP contribution in [0.4, 0.5) is 0 Å². The molecule has 3 amide bonds. The fourth-order valence-corrected chi connectivity index (χ4v) is 2.02. The molecular formula is C13H22N4O7S2. The second-order valence-corrected chi connectivity index (χ2v) is 5.99. The Morgan fingerprint density at radius 2 is 1.42 bits per heavy atom. The third kappa shape index (κ3) is 8.40. The highest BCUT2D eigenvalue weighted by Gasteiger charge is 2.29. The zero-order valence-electron chi connectivity index (χ0n) is 13.8. The van der Waals surface area contributed by atoms with Crippen molar-refractivity contribution in [3.8, 4) is 0 Å². The fourth-order valence-electron chi connectivity index (χ4n) is 1.61. The van der Waals surface area contributed by atoms with Crippen LogP contribution < -0.4 is 21.7 Å². The van der Waals surface area contributed by atoms with E-state index in [-0.39, 0.29) is 11.5 Å². The van der Waals surface area contributed by atoms with Crippen LogP contribution in [0.1, 0.15) is 13.3 Å². The highest BCUT2D eigenvalue weighted by molar-refractivity contribution is 7.80. The van der Waals surface area contributed by atoms with Crippen molar-refractivity contribution in [2.75, 3.05) is 11.5 Å². The molecule has 0 heterocycles. The molecule has 0 aromatic carbocycles. The van der Waals surface area contributed by atoms with Gasteiger partial charge in [-0.25, -0.2) is 4.79 Å². The highest BCUT2D eigenvalue weighted by Crippen LogP contribution is 1.98. The maximum Gasteiger partial charge on any atom is 0.327 e. The number of carbonyl (C=O) groups excluding carboxylic acids is 3. The molecule has 0 radical (unpaired) electrons. The number of nitrogens with one attached hydrogen (secondary N) is 3. The molecule has 148 valence electrons. The Kier molecular flexibility index (Phi) is 10.7. The zero-order chi connectivity index (χ0) is 20.4.